The quantitative estimate of drug-likeness (QED) is 0.607. The number of urea groups is 1. The molecule has 0 aromatic heterocycles. The molecule has 1 atom stereocenters. The molecule has 2 aromatic carbocycles. The predicted octanol–water partition coefficient (Wildman–Crippen LogP) is 3.37. The van der Waals surface area contributed by atoms with Crippen LogP contribution in [0.1, 0.15) is 43.7 Å². The Hall–Kier alpha value is -3.49. The van der Waals surface area contributed by atoms with Crippen LogP contribution in [0.2, 0.25) is 0 Å². The summed E-state index contributed by atoms with van der Waals surface area (Å²) in [7, 11) is 1.52. The largest absolute Gasteiger partial charge is 0.497 e. The van der Waals surface area contributed by atoms with Crippen LogP contribution in [0.3, 0.4) is 0 Å². The fourth-order valence-electron chi connectivity index (χ4n) is 5.00. The number of hydrogen-bond donors (Lipinski definition) is 2. The summed E-state index contributed by atoms with van der Waals surface area (Å²) in [5.74, 6) is -1.81. The van der Waals surface area contributed by atoms with Crippen molar-refractivity contribution in [2.24, 2.45) is 0 Å². The molecule has 2 aromatic rings. The van der Waals surface area contributed by atoms with Crippen molar-refractivity contribution >= 4 is 17.8 Å². The number of imide groups is 1. The maximum atomic E-state index is 14.5. The van der Waals surface area contributed by atoms with Crippen LogP contribution in [-0.2, 0) is 20.5 Å². The Kier molecular flexibility index (Phi) is 6.29. The molecule has 7 nitrogen and oxygen atoms in total. The number of amides is 4. The van der Waals surface area contributed by atoms with E-state index in [2.05, 4.69) is 10.6 Å². The first kappa shape index (κ1) is 23.7. The third-order valence-electron chi connectivity index (χ3n) is 6.92. The van der Waals surface area contributed by atoms with Crippen molar-refractivity contribution in [1.82, 2.24) is 15.5 Å². The molecule has 4 rings (SSSR count). The van der Waals surface area contributed by atoms with Crippen LogP contribution in [0.15, 0.2) is 42.5 Å². The smallest absolute Gasteiger partial charge is 0.325 e. The van der Waals surface area contributed by atoms with E-state index in [1.54, 1.807) is 31.2 Å². The summed E-state index contributed by atoms with van der Waals surface area (Å²) in [5.41, 5.74) is -1.66. The zero-order chi connectivity index (χ0) is 24.5. The van der Waals surface area contributed by atoms with Gasteiger partial charge in [-0.3, -0.25) is 14.5 Å². The molecule has 0 radical (unpaired) electrons. The lowest BCUT2D eigenvalue weighted by atomic mass is 9.78. The van der Waals surface area contributed by atoms with Crippen LogP contribution in [0, 0.1) is 11.6 Å². The van der Waals surface area contributed by atoms with Crippen LogP contribution in [0.25, 0.3) is 0 Å². The van der Waals surface area contributed by atoms with Gasteiger partial charge < -0.3 is 15.4 Å². The first-order chi connectivity index (χ1) is 16.2. The molecule has 0 bridgehead atoms. The Labute approximate surface area is 196 Å². The summed E-state index contributed by atoms with van der Waals surface area (Å²) in [6.45, 7) is 1.09. The molecule has 1 aliphatic heterocycles. The zero-order valence-corrected chi connectivity index (χ0v) is 19.1. The van der Waals surface area contributed by atoms with Gasteiger partial charge >= 0.3 is 6.03 Å². The summed E-state index contributed by atoms with van der Waals surface area (Å²) in [6, 6.07) is 9.76. The number of hydrogen-bond acceptors (Lipinski definition) is 4. The van der Waals surface area contributed by atoms with E-state index in [-0.39, 0.29) is 12.1 Å². The number of rotatable bonds is 7. The number of nitrogens with zero attached hydrogens (tertiary/aromatic N) is 1. The number of methoxy groups -OCH3 is 1. The van der Waals surface area contributed by atoms with Crippen LogP contribution in [0.5, 0.6) is 5.75 Å². The molecular formula is C25H27F2N3O4. The van der Waals surface area contributed by atoms with Gasteiger partial charge in [0.05, 0.1) is 7.11 Å². The van der Waals surface area contributed by atoms with E-state index < -0.39 is 47.0 Å². The van der Waals surface area contributed by atoms with Gasteiger partial charge in [-0.25, -0.2) is 13.6 Å². The second kappa shape index (κ2) is 9.04. The minimum atomic E-state index is -1.33. The minimum Gasteiger partial charge on any atom is -0.497 e. The molecule has 34 heavy (non-hydrogen) atoms. The lowest BCUT2D eigenvalue weighted by molar-refractivity contribution is -0.134. The average Bonchev–Trinajstić information content (AvgIpc) is 3.37. The SMILES string of the molecule is COc1ccc(C2(C)NC(=O)N(CC(=O)NCC3(c4c(F)cccc4F)CCCC3)C2=O)cc1. The van der Waals surface area contributed by atoms with Crippen molar-refractivity contribution < 1.29 is 27.9 Å². The van der Waals surface area contributed by atoms with Gasteiger partial charge in [0.1, 0.15) is 29.5 Å². The summed E-state index contributed by atoms with van der Waals surface area (Å²) in [4.78, 5) is 39.2. The second-order valence-electron chi connectivity index (χ2n) is 9.04. The molecule has 1 unspecified atom stereocenters. The fraction of sp³-hybridized carbons (Fsp3) is 0.400. The molecule has 1 saturated heterocycles. The molecule has 2 fully saturated rings. The standard InChI is InChI=1S/C25H27F2N3O4/c1-24(16-8-10-17(34-2)11-9-16)22(32)30(23(33)29-24)14-20(31)28-15-25(12-3-4-13-25)21-18(26)6-5-7-19(21)27/h5-11H,3-4,12-15H2,1-2H3,(H,28,31)(H,29,33). The van der Waals surface area contributed by atoms with Gasteiger partial charge in [-0.15, -0.1) is 0 Å². The van der Waals surface area contributed by atoms with Crippen LogP contribution >= 0.6 is 0 Å². The monoisotopic (exact) mass is 471 g/mol. The highest BCUT2D eigenvalue weighted by atomic mass is 19.1. The highest BCUT2D eigenvalue weighted by molar-refractivity contribution is 6.09. The van der Waals surface area contributed by atoms with Crippen molar-refractivity contribution in [3.63, 3.8) is 0 Å². The first-order valence-corrected chi connectivity index (χ1v) is 11.2. The third kappa shape index (κ3) is 4.10. The maximum Gasteiger partial charge on any atom is 0.325 e. The number of carbonyl (C=O) groups is 3. The van der Waals surface area contributed by atoms with Gasteiger partial charge in [0.2, 0.25) is 5.91 Å². The topological polar surface area (TPSA) is 87.7 Å². The summed E-state index contributed by atoms with van der Waals surface area (Å²) >= 11 is 0. The second-order valence-corrected chi connectivity index (χ2v) is 9.04. The number of halogens is 2. The van der Waals surface area contributed by atoms with Gasteiger partial charge in [-0.1, -0.05) is 31.0 Å². The minimum absolute atomic E-state index is 0.0169. The normalized spacial score (nSPS) is 21.5. The van der Waals surface area contributed by atoms with Gasteiger partial charge in [0, 0.05) is 17.5 Å². The van der Waals surface area contributed by atoms with Crippen molar-refractivity contribution in [2.45, 2.75) is 43.6 Å². The molecule has 1 heterocycles. The number of nitrogens with one attached hydrogen (secondary N) is 2. The van der Waals surface area contributed by atoms with E-state index in [9.17, 15) is 23.2 Å². The van der Waals surface area contributed by atoms with Crippen molar-refractivity contribution in [2.75, 3.05) is 20.2 Å². The molecule has 1 aliphatic carbocycles. The van der Waals surface area contributed by atoms with Crippen LogP contribution in [-0.4, -0.2) is 42.9 Å². The summed E-state index contributed by atoms with van der Waals surface area (Å²) in [5, 5.41) is 5.36. The molecule has 2 N–H and O–H groups in total. The Morgan fingerprint density at radius 1 is 1.09 bits per heavy atom. The van der Waals surface area contributed by atoms with Crippen molar-refractivity contribution in [3.05, 3.63) is 65.2 Å². The van der Waals surface area contributed by atoms with Gasteiger partial charge in [-0.05, 0) is 49.6 Å². The van der Waals surface area contributed by atoms with Crippen LogP contribution in [0.4, 0.5) is 13.6 Å². The van der Waals surface area contributed by atoms with E-state index in [0.29, 0.717) is 24.2 Å². The highest BCUT2D eigenvalue weighted by Crippen LogP contribution is 2.42. The van der Waals surface area contributed by atoms with Crippen LogP contribution < -0.4 is 15.4 Å². The Morgan fingerprint density at radius 3 is 2.29 bits per heavy atom. The first-order valence-electron chi connectivity index (χ1n) is 11.2. The van der Waals surface area contributed by atoms with Gasteiger partial charge in [0.15, 0.2) is 0 Å². The van der Waals surface area contributed by atoms with Gasteiger partial charge in [-0.2, -0.15) is 0 Å². The molecule has 4 amide bonds. The molecule has 9 heteroatoms. The van der Waals surface area contributed by atoms with Gasteiger partial charge in [0.25, 0.3) is 5.91 Å². The fourth-order valence-corrected chi connectivity index (χ4v) is 5.00. The number of carbonyl (C=O) groups excluding carboxylic acids is 3. The summed E-state index contributed by atoms with van der Waals surface area (Å²) < 4.78 is 34.2. The lowest BCUT2D eigenvalue weighted by Crippen LogP contribution is -2.46. The van der Waals surface area contributed by atoms with E-state index >= 15 is 0 Å². The highest BCUT2D eigenvalue weighted by Gasteiger charge is 2.49. The maximum absolute atomic E-state index is 14.5. The molecule has 1 saturated carbocycles. The van der Waals surface area contributed by atoms with E-state index in [1.165, 1.54) is 25.3 Å². The number of ether oxygens (including phenoxy) is 1. The zero-order valence-electron chi connectivity index (χ0n) is 19.1. The molecular weight excluding hydrogens is 444 g/mol. The lowest BCUT2D eigenvalue weighted by Gasteiger charge is -2.31. The van der Waals surface area contributed by atoms with E-state index in [0.717, 1.165) is 17.7 Å². The average molecular weight is 472 g/mol. The number of benzene rings is 2. The van der Waals surface area contributed by atoms with E-state index in [4.69, 9.17) is 4.74 Å². The molecule has 0 spiro atoms. The third-order valence-corrected chi connectivity index (χ3v) is 6.92. The Morgan fingerprint density at radius 2 is 1.71 bits per heavy atom. The Bertz CT molecular complexity index is 1100. The van der Waals surface area contributed by atoms with E-state index in [1.807, 2.05) is 0 Å². The summed E-state index contributed by atoms with van der Waals surface area (Å²) in [6.07, 6.45) is 2.64. The van der Waals surface area contributed by atoms with Crippen molar-refractivity contribution in [3.8, 4) is 5.75 Å². The molecule has 180 valence electrons. The predicted molar refractivity (Wildman–Crippen MR) is 120 cm³/mol. The molecule has 2 aliphatic rings. The Balaban J connectivity index is 1.46. The van der Waals surface area contributed by atoms with Crippen molar-refractivity contribution in [1.29, 1.82) is 0 Å².